The maximum atomic E-state index is 13.5. The van der Waals surface area contributed by atoms with E-state index in [1.54, 1.807) is 24.3 Å². The maximum absolute atomic E-state index is 13.5. The van der Waals surface area contributed by atoms with Crippen molar-refractivity contribution in [3.05, 3.63) is 101 Å². The SMILES string of the molecule is O=C1CCCC2=C1C(c1ccc(Cl)cc1)n1c(sc(=Cc3ccccc3C(F)(F)F)c1=O)=N2. The molecule has 168 valence electrons. The van der Waals surface area contributed by atoms with Crippen molar-refractivity contribution >= 4 is 34.8 Å². The molecule has 1 aromatic heterocycles. The first-order valence-electron chi connectivity index (χ1n) is 10.2. The molecule has 9 heteroatoms. The lowest BCUT2D eigenvalue weighted by molar-refractivity contribution is -0.137. The summed E-state index contributed by atoms with van der Waals surface area (Å²) in [5.41, 5.74) is 0.395. The standard InChI is InChI=1S/C24H16ClF3N2O2S/c25-15-10-8-13(9-11-15)21-20-17(6-3-7-18(20)31)29-23-30(21)22(32)19(33-23)12-14-4-1-2-5-16(14)24(26,27)28/h1-2,4-5,8-12,21H,3,6-7H2. The van der Waals surface area contributed by atoms with Gasteiger partial charge >= 0.3 is 6.18 Å². The number of aromatic nitrogens is 1. The summed E-state index contributed by atoms with van der Waals surface area (Å²) in [7, 11) is 0. The van der Waals surface area contributed by atoms with E-state index in [0.29, 0.717) is 45.9 Å². The summed E-state index contributed by atoms with van der Waals surface area (Å²) >= 11 is 7.06. The first-order chi connectivity index (χ1) is 15.7. The van der Waals surface area contributed by atoms with Crippen LogP contribution >= 0.6 is 22.9 Å². The Balaban J connectivity index is 1.76. The van der Waals surface area contributed by atoms with Gasteiger partial charge in [-0.25, -0.2) is 4.99 Å². The third kappa shape index (κ3) is 3.87. The summed E-state index contributed by atoms with van der Waals surface area (Å²) in [5, 5.41) is 0.513. The van der Waals surface area contributed by atoms with Crippen LogP contribution in [0.5, 0.6) is 0 Å². The zero-order valence-electron chi connectivity index (χ0n) is 17.0. The molecule has 0 saturated carbocycles. The van der Waals surface area contributed by atoms with Crippen LogP contribution in [0.25, 0.3) is 6.08 Å². The number of Topliss-reactive ketones (excluding diaryl/α,β-unsaturated/α-hetero) is 1. The highest BCUT2D eigenvalue weighted by molar-refractivity contribution is 7.07. The van der Waals surface area contributed by atoms with Crippen molar-refractivity contribution in [2.24, 2.45) is 4.99 Å². The predicted molar refractivity (Wildman–Crippen MR) is 120 cm³/mol. The summed E-state index contributed by atoms with van der Waals surface area (Å²) < 4.78 is 41.9. The Kier molecular flexibility index (Phi) is 5.37. The smallest absolute Gasteiger partial charge is 0.294 e. The van der Waals surface area contributed by atoms with E-state index in [4.69, 9.17) is 11.6 Å². The van der Waals surface area contributed by atoms with Gasteiger partial charge in [0.05, 0.1) is 21.8 Å². The lowest BCUT2D eigenvalue weighted by Gasteiger charge is -2.28. The van der Waals surface area contributed by atoms with E-state index < -0.39 is 23.3 Å². The van der Waals surface area contributed by atoms with Crippen LogP contribution in [0, 0.1) is 0 Å². The van der Waals surface area contributed by atoms with Gasteiger partial charge < -0.3 is 0 Å². The predicted octanol–water partition coefficient (Wildman–Crippen LogP) is 4.64. The van der Waals surface area contributed by atoms with Gasteiger partial charge in [0.2, 0.25) is 0 Å². The summed E-state index contributed by atoms with van der Waals surface area (Å²) in [6, 6.07) is 11.3. The van der Waals surface area contributed by atoms with Crippen LogP contribution in [-0.2, 0) is 11.0 Å². The fourth-order valence-electron chi connectivity index (χ4n) is 4.29. The number of carbonyl (C=O) groups excluding carboxylic acids is 1. The highest BCUT2D eigenvalue weighted by Crippen LogP contribution is 2.36. The Morgan fingerprint density at radius 2 is 1.79 bits per heavy atom. The van der Waals surface area contributed by atoms with Gasteiger partial charge in [-0.05, 0) is 48.2 Å². The van der Waals surface area contributed by atoms with E-state index in [2.05, 4.69) is 4.99 Å². The minimum Gasteiger partial charge on any atom is -0.294 e. The number of benzene rings is 2. The highest BCUT2D eigenvalue weighted by atomic mass is 35.5. The number of hydrogen-bond donors (Lipinski definition) is 0. The number of hydrogen-bond acceptors (Lipinski definition) is 4. The minimum atomic E-state index is -4.55. The second-order valence-corrected chi connectivity index (χ2v) is 9.30. The molecule has 2 aliphatic rings. The molecule has 1 aliphatic carbocycles. The Morgan fingerprint density at radius 1 is 1.06 bits per heavy atom. The largest absolute Gasteiger partial charge is 0.416 e. The van der Waals surface area contributed by atoms with E-state index in [0.717, 1.165) is 17.4 Å². The van der Waals surface area contributed by atoms with Gasteiger partial charge in [-0.2, -0.15) is 13.2 Å². The fourth-order valence-corrected chi connectivity index (χ4v) is 5.43. The van der Waals surface area contributed by atoms with E-state index in [9.17, 15) is 22.8 Å². The lowest BCUT2D eigenvalue weighted by Crippen LogP contribution is -2.40. The third-order valence-corrected chi connectivity index (χ3v) is 7.00. The number of halogens is 4. The van der Waals surface area contributed by atoms with Crippen molar-refractivity contribution in [3.8, 4) is 0 Å². The van der Waals surface area contributed by atoms with Crippen molar-refractivity contribution in [3.63, 3.8) is 0 Å². The quantitative estimate of drug-likeness (QED) is 0.527. The zero-order valence-corrected chi connectivity index (χ0v) is 18.6. The molecule has 2 aromatic carbocycles. The molecular weight excluding hydrogens is 473 g/mol. The van der Waals surface area contributed by atoms with Crippen molar-refractivity contribution < 1.29 is 18.0 Å². The summed E-state index contributed by atoms with van der Waals surface area (Å²) in [4.78, 5) is 31.3. The Labute approximate surface area is 195 Å². The molecule has 1 unspecified atom stereocenters. The topological polar surface area (TPSA) is 51.4 Å². The van der Waals surface area contributed by atoms with Gasteiger partial charge in [-0.1, -0.05) is 53.3 Å². The third-order valence-electron chi connectivity index (χ3n) is 5.77. The Hall–Kier alpha value is -2.97. The molecule has 4 nitrogen and oxygen atoms in total. The molecule has 0 fully saturated rings. The number of ketones is 1. The number of nitrogens with zero attached hydrogens (tertiary/aromatic N) is 2. The average molecular weight is 489 g/mol. The fraction of sp³-hybridized carbons (Fsp3) is 0.208. The molecule has 1 atom stereocenters. The molecule has 3 aromatic rings. The highest BCUT2D eigenvalue weighted by Gasteiger charge is 2.35. The van der Waals surface area contributed by atoms with Crippen LogP contribution < -0.4 is 14.9 Å². The van der Waals surface area contributed by atoms with Crippen molar-refractivity contribution in [1.82, 2.24) is 4.57 Å². The van der Waals surface area contributed by atoms with Gasteiger partial charge in [-0.15, -0.1) is 0 Å². The average Bonchev–Trinajstić information content (AvgIpc) is 3.08. The number of thiazole rings is 1. The number of carbonyl (C=O) groups is 1. The van der Waals surface area contributed by atoms with Gasteiger partial charge in [-0.3, -0.25) is 14.2 Å². The minimum absolute atomic E-state index is 0.0725. The van der Waals surface area contributed by atoms with Gasteiger partial charge in [0.15, 0.2) is 10.6 Å². The molecule has 0 saturated heterocycles. The summed E-state index contributed by atoms with van der Waals surface area (Å²) in [5.74, 6) is -0.0725. The number of allylic oxidation sites excluding steroid dienone is 2. The van der Waals surface area contributed by atoms with Crippen molar-refractivity contribution in [2.45, 2.75) is 31.5 Å². The molecule has 1 aliphatic heterocycles. The molecule has 0 radical (unpaired) electrons. The van der Waals surface area contributed by atoms with Gasteiger partial charge in [0, 0.05) is 17.0 Å². The van der Waals surface area contributed by atoms with Crippen LogP contribution in [0.3, 0.4) is 0 Å². The molecular formula is C24H16ClF3N2O2S. The van der Waals surface area contributed by atoms with E-state index in [1.165, 1.54) is 28.8 Å². The monoisotopic (exact) mass is 488 g/mol. The molecule has 33 heavy (non-hydrogen) atoms. The number of alkyl halides is 3. The van der Waals surface area contributed by atoms with Crippen LogP contribution in [0.2, 0.25) is 5.02 Å². The van der Waals surface area contributed by atoms with Crippen LogP contribution in [0.1, 0.15) is 42.0 Å². The van der Waals surface area contributed by atoms with Crippen molar-refractivity contribution in [2.75, 3.05) is 0 Å². The first-order valence-corrected chi connectivity index (χ1v) is 11.4. The van der Waals surface area contributed by atoms with E-state index in [-0.39, 0.29) is 15.9 Å². The molecule has 0 bridgehead atoms. The second-order valence-electron chi connectivity index (χ2n) is 7.86. The zero-order chi connectivity index (χ0) is 23.3. The number of fused-ring (bicyclic) bond motifs is 1. The molecule has 0 N–H and O–H groups in total. The normalized spacial score (nSPS) is 18.7. The number of rotatable bonds is 2. The summed E-state index contributed by atoms with van der Waals surface area (Å²) in [6.45, 7) is 0. The second kappa shape index (κ2) is 8.11. The maximum Gasteiger partial charge on any atom is 0.416 e. The van der Waals surface area contributed by atoms with Crippen molar-refractivity contribution in [1.29, 1.82) is 0 Å². The Bertz CT molecular complexity index is 1480. The molecule has 5 rings (SSSR count). The molecule has 0 amide bonds. The first kappa shape index (κ1) is 21.9. The van der Waals surface area contributed by atoms with E-state index in [1.807, 2.05) is 0 Å². The van der Waals surface area contributed by atoms with Crippen LogP contribution in [-0.4, -0.2) is 10.4 Å². The lowest BCUT2D eigenvalue weighted by atomic mass is 9.86. The van der Waals surface area contributed by atoms with Gasteiger partial charge in [0.1, 0.15) is 0 Å². The Morgan fingerprint density at radius 3 is 2.52 bits per heavy atom. The van der Waals surface area contributed by atoms with Crippen LogP contribution in [0.15, 0.2) is 69.6 Å². The van der Waals surface area contributed by atoms with E-state index >= 15 is 0 Å². The molecule has 0 spiro atoms. The molecule has 2 heterocycles. The summed E-state index contributed by atoms with van der Waals surface area (Å²) in [6.07, 6.45) is -1.67. The van der Waals surface area contributed by atoms with Gasteiger partial charge in [0.25, 0.3) is 5.56 Å². The van der Waals surface area contributed by atoms with Crippen LogP contribution in [0.4, 0.5) is 13.2 Å².